The molecule has 2 heterocycles. The van der Waals surface area contributed by atoms with Crippen LogP contribution in [0.2, 0.25) is 0 Å². The van der Waals surface area contributed by atoms with Crippen molar-refractivity contribution < 1.29 is 9.90 Å². The second-order valence-corrected chi connectivity index (χ2v) is 5.80. The Hall–Kier alpha value is -1.94. The average Bonchev–Trinajstić information content (AvgIpc) is 2.42. The van der Waals surface area contributed by atoms with Gasteiger partial charge in [0.05, 0.1) is 24.2 Å². The molecule has 1 aromatic heterocycles. The van der Waals surface area contributed by atoms with Gasteiger partial charge in [-0.05, 0) is 18.1 Å². The van der Waals surface area contributed by atoms with Crippen molar-refractivity contribution in [2.75, 3.05) is 13.1 Å². The molecule has 1 N–H and O–H groups in total. The summed E-state index contributed by atoms with van der Waals surface area (Å²) >= 11 is 0. The Labute approximate surface area is 118 Å². The highest BCUT2D eigenvalue weighted by molar-refractivity contribution is 6.06. The average molecular weight is 270 g/mol. The third kappa shape index (κ3) is 1.96. The van der Waals surface area contributed by atoms with E-state index in [2.05, 4.69) is 4.98 Å². The molecule has 104 valence electrons. The van der Waals surface area contributed by atoms with Crippen LogP contribution >= 0.6 is 0 Å². The molecule has 1 aliphatic rings. The van der Waals surface area contributed by atoms with Gasteiger partial charge in [-0.25, -0.2) is 0 Å². The molecule has 0 saturated carbocycles. The minimum atomic E-state index is -0.738. The Morgan fingerprint density at radius 2 is 2.00 bits per heavy atom. The normalized spacial score (nSPS) is 17.3. The highest BCUT2D eigenvalue weighted by atomic mass is 16.3. The predicted molar refractivity (Wildman–Crippen MR) is 77.4 cm³/mol. The maximum absolute atomic E-state index is 12.5. The minimum Gasteiger partial charge on any atom is -0.386 e. The molecule has 1 saturated heterocycles. The third-order valence-corrected chi connectivity index (χ3v) is 4.17. The van der Waals surface area contributed by atoms with Gasteiger partial charge in [-0.3, -0.25) is 9.78 Å². The van der Waals surface area contributed by atoms with Crippen molar-refractivity contribution in [1.82, 2.24) is 9.88 Å². The lowest BCUT2D eigenvalue weighted by Crippen LogP contribution is -2.65. The van der Waals surface area contributed by atoms with E-state index in [9.17, 15) is 9.90 Å². The molecule has 4 heteroatoms. The lowest BCUT2D eigenvalue weighted by molar-refractivity contribution is -0.110. The van der Waals surface area contributed by atoms with Crippen molar-refractivity contribution in [3.63, 3.8) is 0 Å². The summed E-state index contributed by atoms with van der Waals surface area (Å²) in [5, 5.41) is 11.1. The lowest BCUT2D eigenvalue weighted by atomic mass is 9.82. The van der Waals surface area contributed by atoms with Crippen LogP contribution in [0.3, 0.4) is 0 Å². The van der Waals surface area contributed by atoms with Gasteiger partial charge in [0.2, 0.25) is 0 Å². The summed E-state index contributed by atoms with van der Waals surface area (Å²) in [7, 11) is 0. The summed E-state index contributed by atoms with van der Waals surface area (Å²) in [6.07, 6.45) is 1.66. The van der Waals surface area contributed by atoms with E-state index in [1.54, 1.807) is 17.2 Å². The molecule has 0 atom stereocenters. The number of rotatable bonds is 2. The largest absolute Gasteiger partial charge is 0.386 e. The minimum absolute atomic E-state index is 0.0334. The van der Waals surface area contributed by atoms with Gasteiger partial charge in [-0.2, -0.15) is 0 Å². The molecule has 1 amide bonds. The highest BCUT2D eigenvalue weighted by Crippen LogP contribution is 2.30. The van der Waals surface area contributed by atoms with Crippen LogP contribution in [0, 0.1) is 5.92 Å². The van der Waals surface area contributed by atoms with Gasteiger partial charge in [-0.15, -0.1) is 0 Å². The zero-order chi connectivity index (χ0) is 14.3. The molecule has 1 fully saturated rings. The van der Waals surface area contributed by atoms with Crippen LogP contribution in [0.15, 0.2) is 36.5 Å². The number of hydrogen-bond acceptors (Lipinski definition) is 3. The standard InChI is InChI=1S/C16H18N2O2/c1-11(2)16(20)9-18(10-16)15(19)13-7-8-17-14-6-4-3-5-12(13)14/h3-8,11,20H,9-10H2,1-2H3. The Morgan fingerprint density at radius 1 is 1.30 bits per heavy atom. The van der Waals surface area contributed by atoms with Gasteiger partial charge in [0.25, 0.3) is 5.91 Å². The third-order valence-electron chi connectivity index (χ3n) is 4.17. The lowest BCUT2D eigenvalue weighted by Gasteiger charge is -2.49. The first-order chi connectivity index (χ1) is 9.51. The first kappa shape index (κ1) is 13.1. The van der Waals surface area contributed by atoms with Crippen LogP contribution in [-0.4, -0.2) is 39.6 Å². The van der Waals surface area contributed by atoms with E-state index < -0.39 is 5.60 Å². The molecule has 4 nitrogen and oxygen atoms in total. The quantitative estimate of drug-likeness (QED) is 0.909. The summed E-state index contributed by atoms with van der Waals surface area (Å²) in [6.45, 7) is 4.76. The number of fused-ring (bicyclic) bond motifs is 1. The first-order valence-corrected chi connectivity index (χ1v) is 6.87. The van der Waals surface area contributed by atoms with Crippen molar-refractivity contribution in [3.8, 4) is 0 Å². The second-order valence-electron chi connectivity index (χ2n) is 5.80. The maximum atomic E-state index is 12.5. The van der Waals surface area contributed by atoms with Crippen LogP contribution in [0.5, 0.6) is 0 Å². The number of carbonyl (C=O) groups is 1. The molecular formula is C16H18N2O2. The fourth-order valence-electron chi connectivity index (χ4n) is 2.58. The molecule has 0 bridgehead atoms. The number of aromatic nitrogens is 1. The topological polar surface area (TPSA) is 53.4 Å². The number of carbonyl (C=O) groups excluding carboxylic acids is 1. The summed E-state index contributed by atoms with van der Waals surface area (Å²) in [5.41, 5.74) is 0.734. The predicted octanol–water partition coefficient (Wildman–Crippen LogP) is 2.08. The Balaban J connectivity index is 1.88. The Bertz CT molecular complexity index is 655. The number of aliphatic hydroxyl groups is 1. The summed E-state index contributed by atoms with van der Waals surface area (Å²) in [5.74, 6) is 0.120. The van der Waals surface area contributed by atoms with E-state index in [-0.39, 0.29) is 11.8 Å². The molecule has 0 spiro atoms. The SMILES string of the molecule is CC(C)C1(O)CN(C(=O)c2ccnc3ccccc23)C1. The van der Waals surface area contributed by atoms with E-state index in [0.29, 0.717) is 18.7 Å². The molecule has 0 aliphatic carbocycles. The zero-order valence-electron chi connectivity index (χ0n) is 11.7. The number of amides is 1. The molecule has 0 radical (unpaired) electrons. The number of nitrogens with zero attached hydrogens (tertiary/aromatic N) is 2. The van der Waals surface area contributed by atoms with Gasteiger partial charge in [0, 0.05) is 11.6 Å². The van der Waals surface area contributed by atoms with Crippen molar-refractivity contribution in [3.05, 3.63) is 42.1 Å². The monoisotopic (exact) mass is 270 g/mol. The van der Waals surface area contributed by atoms with E-state index >= 15 is 0 Å². The van der Waals surface area contributed by atoms with Gasteiger partial charge < -0.3 is 10.0 Å². The van der Waals surface area contributed by atoms with Crippen molar-refractivity contribution in [2.45, 2.75) is 19.4 Å². The van der Waals surface area contributed by atoms with Crippen LogP contribution < -0.4 is 0 Å². The highest BCUT2D eigenvalue weighted by Gasteiger charge is 2.46. The van der Waals surface area contributed by atoms with Crippen molar-refractivity contribution in [2.24, 2.45) is 5.92 Å². The van der Waals surface area contributed by atoms with Gasteiger partial charge >= 0.3 is 0 Å². The number of likely N-dealkylation sites (tertiary alicyclic amines) is 1. The molecule has 3 rings (SSSR count). The molecular weight excluding hydrogens is 252 g/mol. The van der Waals surface area contributed by atoms with Crippen molar-refractivity contribution >= 4 is 16.8 Å². The number of benzene rings is 1. The summed E-state index contributed by atoms with van der Waals surface area (Å²) < 4.78 is 0. The van der Waals surface area contributed by atoms with E-state index in [4.69, 9.17) is 0 Å². The summed E-state index contributed by atoms with van der Waals surface area (Å²) in [6, 6.07) is 9.36. The van der Waals surface area contributed by atoms with E-state index in [1.807, 2.05) is 38.1 Å². The fourth-order valence-corrected chi connectivity index (χ4v) is 2.58. The number of pyridine rings is 1. The van der Waals surface area contributed by atoms with Crippen LogP contribution in [0.4, 0.5) is 0 Å². The van der Waals surface area contributed by atoms with Gasteiger partial charge in [0.1, 0.15) is 5.60 Å². The number of hydrogen-bond donors (Lipinski definition) is 1. The zero-order valence-corrected chi connectivity index (χ0v) is 11.7. The van der Waals surface area contributed by atoms with Crippen LogP contribution in [0.1, 0.15) is 24.2 Å². The van der Waals surface area contributed by atoms with Crippen LogP contribution in [-0.2, 0) is 0 Å². The first-order valence-electron chi connectivity index (χ1n) is 6.87. The van der Waals surface area contributed by atoms with E-state index in [1.165, 1.54) is 0 Å². The smallest absolute Gasteiger partial charge is 0.254 e. The molecule has 2 aromatic rings. The summed E-state index contributed by atoms with van der Waals surface area (Å²) in [4.78, 5) is 18.5. The number of β-amino-alcohol motifs (C(OH)–C–C–N with tert-alkyl or cyclic N) is 1. The molecule has 1 aromatic carbocycles. The Morgan fingerprint density at radius 3 is 2.70 bits per heavy atom. The molecule has 1 aliphatic heterocycles. The number of para-hydroxylation sites is 1. The Kier molecular flexibility index (Phi) is 2.98. The van der Waals surface area contributed by atoms with Crippen LogP contribution in [0.25, 0.3) is 10.9 Å². The fraction of sp³-hybridized carbons (Fsp3) is 0.375. The van der Waals surface area contributed by atoms with E-state index in [0.717, 1.165) is 10.9 Å². The molecule has 20 heavy (non-hydrogen) atoms. The second kappa shape index (κ2) is 4.56. The van der Waals surface area contributed by atoms with Crippen molar-refractivity contribution in [1.29, 1.82) is 0 Å². The van der Waals surface area contributed by atoms with Gasteiger partial charge in [0.15, 0.2) is 0 Å². The maximum Gasteiger partial charge on any atom is 0.254 e. The van der Waals surface area contributed by atoms with Gasteiger partial charge in [-0.1, -0.05) is 32.0 Å². The molecule has 0 unspecified atom stereocenters.